The maximum absolute atomic E-state index is 13.5. The summed E-state index contributed by atoms with van der Waals surface area (Å²) in [5.41, 5.74) is 2.54. The third kappa shape index (κ3) is 4.18. The van der Waals surface area contributed by atoms with E-state index in [2.05, 4.69) is 10.2 Å². The average molecular weight is 449 g/mol. The molecule has 0 spiro atoms. The van der Waals surface area contributed by atoms with Crippen molar-refractivity contribution in [2.75, 3.05) is 13.1 Å². The standard InChI is InChI=1S/C24H21FN4O2S/c25-19-9-11-20(12-10-19)29-22(21-4-3-15-31-21)26-27-24(29)32-16-17-5-7-18(8-6-17)23(30)28-13-1-2-14-28/h3-12,15H,1-2,13-14,16H2. The van der Waals surface area contributed by atoms with Gasteiger partial charge >= 0.3 is 0 Å². The predicted octanol–water partition coefficient (Wildman–Crippen LogP) is 5.19. The number of carbonyl (C=O) groups is 1. The van der Waals surface area contributed by atoms with Gasteiger partial charge in [0, 0.05) is 24.4 Å². The zero-order valence-corrected chi connectivity index (χ0v) is 18.1. The highest BCUT2D eigenvalue weighted by molar-refractivity contribution is 7.98. The minimum absolute atomic E-state index is 0.0980. The van der Waals surface area contributed by atoms with Gasteiger partial charge in [0.15, 0.2) is 10.9 Å². The molecule has 2 aromatic heterocycles. The molecular weight excluding hydrogens is 427 g/mol. The molecule has 1 aliphatic rings. The largest absolute Gasteiger partial charge is 0.461 e. The normalized spacial score (nSPS) is 13.6. The van der Waals surface area contributed by atoms with Crippen LogP contribution in [0.4, 0.5) is 4.39 Å². The summed E-state index contributed by atoms with van der Waals surface area (Å²) in [7, 11) is 0. The molecule has 0 saturated carbocycles. The minimum Gasteiger partial charge on any atom is -0.461 e. The van der Waals surface area contributed by atoms with E-state index < -0.39 is 0 Å². The van der Waals surface area contributed by atoms with E-state index in [-0.39, 0.29) is 11.7 Å². The Kier molecular flexibility index (Phi) is 5.77. The Labute approximate surface area is 189 Å². The van der Waals surface area contributed by atoms with Crippen LogP contribution in [-0.4, -0.2) is 38.7 Å². The number of amides is 1. The molecule has 0 unspecified atom stereocenters. The second-order valence-electron chi connectivity index (χ2n) is 7.58. The van der Waals surface area contributed by atoms with Gasteiger partial charge in [0.05, 0.1) is 12.0 Å². The van der Waals surface area contributed by atoms with Crippen molar-refractivity contribution in [3.8, 4) is 17.3 Å². The zero-order valence-electron chi connectivity index (χ0n) is 17.3. The fourth-order valence-corrected chi connectivity index (χ4v) is 4.65. The molecule has 0 atom stereocenters. The molecule has 1 amide bonds. The van der Waals surface area contributed by atoms with E-state index in [1.165, 1.54) is 23.9 Å². The first-order valence-corrected chi connectivity index (χ1v) is 11.4. The number of nitrogens with zero attached hydrogens (tertiary/aromatic N) is 4. The van der Waals surface area contributed by atoms with E-state index in [1.807, 2.05) is 39.8 Å². The van der Waals surface area contributed by atoms with Gasteiger partial charge in [0.2, 0.25) is 5.82 Å². The number of likely N-dealkylation sites (tertiary alicyclic amines) is 1. The summed E-state index contributed by atoms with van der Waals surface area (Å²) in [5.74, 6) is 1.57. The second-order valence-corrected chi connectivity index (χ2v) is 8.52. The fourth-order valence-electron chi connectivity index (χ4n) is 3.75. The number of hydrogen-bond donors (Lipinski definition) is 0. The summed E-state index contributed by atoms with van der Waals surface area (Å²) < 4.78 is 20.8. The Morgan fingerprint density at radius 2 is 1.75 bits per heavy atom. The van der Waals surface area contributed by atoms with Crippen LogP contribution in [0.3, 0.4) is 0 Å². The van der Waals surface area contributed by atoms with Gasteiger partial charge in [-0.2, -0.15) is 0 Å². The zero-order chi connectivity index (χ0) is 21.9. The summed E-state index contributed by atoms with van der Waals surface area (Å²) >= 11 is 1.52. The van der Waals surface area contributed by atoms with E-state index >= 15 is 0 Å². The van der Waals surface area contributed by atoms with Crippen molar-refractivity contribution in [3.63, 3.8) is 0 Å². The Bertz CT molecular complexity index is 1200. The molecule has 1 fully saturated rings. The predicted molar refractivity (Wildman–Crippen MR) is 120 cm³/mol. The maximum atomic E-state index is 13.5. The third-order valence-electron chi connectivity index (χ3n) is 5.42. The molecule has 4 aromatic rings. The van der Waals surface area contributed by atoms with Gasteiger partial charge < -0.3 is 9.32 Å². The highest BCUT2D eigenvalue weighted by Gasteiger charge is 2.20. The first-order valence-electron chi connectivity index (χ1n) is 10.5. The van der Waals surface area contributed by atoms with Gasteiger partial charge in [0.25, 0.3) is 5.91 Å². The SMILES string of the molecule is O=C(c1ccc(CSc2nnc(-c3ccco3)n2-c2ccc(F)cc2)cc1)N1CCCC1. The van der Waals surface area contributed by atoms with Crippen molar-refractivity contribution >= 4 is 17.7 Å². The van der Waals surface area contributed by atoms with E-state index in [0.717, 1.165) is 42.7 Å². The molecule has 0 radical (unpaired) electrons. The molecule has 32 heavy (non-hydrogen) atoms. The molecule has 0 aliphatic carbocycles. The summed E-state index contributed by atoms with van der Waals surface area (Å²) in [6.45, 7) is 1.68. The Morgan fingerprint density at radius 3 is 2.44 bits per heavy atom. The smallest absolute Gasteiger partial charge is 0.253 e. The van der Waals surface area contributed by atoms with E-state index in [4.69, 9.17) is 4.42 Å². The molecule has 162 valence electrons. The Hall–Kier alpha value is -3.39. The van der Waals surface area contributed by atoms with Crippen molar-refractivity contribution < 1.29 is 13.6 Å². The minimum atomic E-state index is -0.306. The van der Waals surface area contributed by atoms with Crippen LogP contribution in [-0.2, 0) is 5.75 Å². The Morgan fingerprint density at radius 1 is 1.00 bits per heavy atom. The van der Waals surface area contributed by atoms with Gasteiger partial charge in [-0.3, -0.25) is 9.36 Å². The number of furan rings is 1. The van der Waals surface area contributed by atoms with Crippen LogP contribution in [0.5, 0.6) is 0 Å². The van der Waals surface area contributed by atoms with Crippen LogP contribution in [0.15, 0.2) is 76.5 Å². The van der Waals surface area contributed by atoms with Crippen molar-refractivity contribution in [2.45, 2.75) is 23.8 Å². The Balaban J connectivity index is 1.36. The van der Waals surface area contributed by atoms with E-state index in [9.17, 15) is 9.18 Å². The maximum Gasteiger partial charge on any atom is 0.253 e. The van der Waals surface area contributed by atoms with E-state index in [1.54, 1.807) is 24.5 Å². The number of benzene rings is 2. The quantitative estimate of drug-likeness (QED) is 0.380. The fraction of sp³-hybridized carbons (Fsp3) is 0.208. The lowest BCUT2D eigenvalue weighted by molar-refractivity contribution is 0.0793. The van der Waals surface area contributed by atoms with Crippen LogP contribution in [0.1, 0.15) is 28.8 Å². The second kappa shape index (κ2) is 9.00. The molecule has 6 nitrogen and oxygen atoms in total. The highest BCUT2D eigenvalue weighted by atomic mass is 32.2. The van der Waals surface area contributed by atoms with Crippen LogP contribution in [0.2, 0.25) is 0 Å². The van der Waals surface area contributed by atoms with Gasteiger partial charge in [-0.15, -0.1) is 10.2 Å². The molecule has 0 bridgehead atoms. The lowest BCUT2D eigenvalue weighted by Gasteiger charge is -2.15. The summed E-state index contributed by atoms with van der Waals surface area (Å²) in [5, 5.41) is 9.32. The topological polar surface area (TPSA) is 64.2 Å². The lowest BCUT2D eigenvalue weighted by Crippen LogP contribution is -2.27. The van der Waals surface area contributed by atoms with Crippen molar-refractivity contribution in [2.24, 2.45) is 0 Å². The van der Waals surface area contributed by atoms with Gasteiger partial charge in [-0.1, -0.05) is 23.9 Å². The number of thioether (sulfide) groups is 1. The average Bonchev–Trinajstić information content (AvgIpc) is 3.60. The first kappa shape index (κ1) is 20.5. The number of carbonyl (C=O) groups excluding carboxylic acids is 1. The van der Waals surface area contributed by atoms with Gasteiger partial charge in [0.1, 0.15) is 5.82 Å². The summed E-state index contributed by atoms with van der Waals surface area (Å²) in [6, 6.07) is 17.5. The van der Waals surface area contributed by atoms with Crippen molar-refractivity contribution in [1.29, 1.82) is 0 Å². The molecule has 3 heterocycles. The molecule has 0 N–H and O–H groups in total. The lowest BCUT2D eigenvalue weighted by atomic mass is 10.1. The molecular formula is C24H21FN4O2S. The number of aromatic nitrogens is 3. The van der Waals surface area contributed by atoms with Crippen LogP contribution in [0, 0.1) is 5.82 Å². The third-order valence-corrected chi connectivity index (χ3v) is 6.42. The first-order chi connectivity index (χ1) is 15.7. The monoisotopic (exact) mass is 448 g/mol. The molecule has 5 rings (SSSR count). The van der Waals surface area contributed by atoms with Crippen LogP contribution in [0.25, 0.3) is 17.3 Å². The van der Waals surface area contributed by atoms with Crippen molar-refractivity contribution in [1.82, 2.24) is 19.7 Å². The molecule has 2 aromatic carbocycles. The van der Waals surface area contributed by atoms with Gasteiger partial charge in [-0.25, -0.2) is 4.39 Å². The van der Waals surface area contributed by atoms with Gasteiger partial charge in [-0.05, 0) is 66.9 Å². The number of hydrogen-bond acceptors (Lipinski definition) is 5. The molecule has 1 aliphatic heterocycles. The van der Waals surface area contributed by atoms with E-state index in [0.29, 0.717) is 22.5 Å². The number of rotatable bonds is 6. The summed E-state index contributed by atoms with van der Waals surface area (Å²) in [6.07, 6.45) is 3.74. The van der Waals surface area contributed by atoms with Crippen LogP contribution < -0.4 is 0 Å². The van der Waals surface area contributed by atoms with Crippen molar-refractivity contribution in [3.05, 3.63) is 83.9 Å². The highest BCUT2D eigenvalue weighted by Crippen LogP contribution is 2.30. The van der Waals surface area contributed by atoms with Crippen LogP contribution >= 0.6 is 11.8 Å². The molecule has 1 saturated heterocycles. The molecule has 8 heteroatoms. The summed E-state index contributed by atoms with van der Waals surface area (Å²) in [4.78, 5) is 14.4. The number of halogens is 1.